The third kappa shape index (κ3) is 4.55. The van der Waals surface area contributed by atoms with Crippen LogP contribution in [0.4, 0.5) is 0 Å². The normalized spacial score (nSPS) is 21.7. The highest BCUT2D eigenvalue weighted by molar-refractivity contribution is 7.98. The topological polar surface area (TPSA) is 58.2 Å². The third-order valence-corrected chi connectivity index (χ3v) is 3.02. The van der Waals surface area contributed by atoms with E-state index in [1.807, 2.05) is 6.26 Å². The second kappa shape index (κ2) is 6.71. The monoisotopic (exact) mass is 230 g/mol. The van der Waals surface area contributed by atoms with Crippen molar-refractivity contribution in [3.05, 3.63) is 0 Å². The summed E-state index contributed by atoms with van der Waals surface area (Å²) in [5, 5.41) is 5.58. The first-order valence-corrected chi connectivity index (χ1v) is 6.69. The van der Waals surface area contributed by atoms with Gasteiger partial charge in [0.15, 0.2) is 0 Å². The van der Waals surface area contributed by atoms with Gasteiger partial charge in [-0.25, -0.2) is 0 Å². The van der Waals surface area contributed by atoms with Crippen molar-refractivity contribution in [1.82, 2.24) is 10.6 Å². The Morgan fingerprint density at radius 3 is 3.13 bits per heavy atom. The van der Waals surface area contributed by atoms with Gasteiger partial charge in [0.1, 0.15) is 6.04 Å². The Kier molecular flexibility index (Phi) is 5.53. The standard InChI is InChI=1S/C10H18N2O2S/c1-15-7-5-9(13)12-8-4-2-3-6-11-10(8)14/h8H,2-7H2,1H3,(H,11,14)(H,12,13). The Morgan fingerprint density at radius 2 is 2.40 bits per heavy atom. The summed E-state index contributed by atoms with van der Waals surface area (Å²) >= 11 is 1.64. The molecule has 1 aliphatic heterocycles. The van der Waals surface area contributed by atoms with E-state index in [1.54, 1.807) is 11.8 Å². The van der Waals surface area contributed by atoms with Crippen LogP contribution in [0.2, 0.25) is 0 Å². The molecule has 1 fully saturated rings. The maximum Gasteiger partial charge on any atom is 0.242 e. The maximum atomic E-state index is 11.5. The minimum absolute atomic E-state index is 0.0219. The molecule has 1 rings (SSSR count). The lowest BCUT2D eigenvalue weighted by Crippen LogP contribution is -2.45. The van der Waals surface area contributed by atoms with Crippen molar-refractivity contribution in [2.24, 2.45) is 0 Å². The number of hydrogen-bond acceptors (Lipinski definition) is 3. The van der Waals surface area contributed by atoms with E-state index in [1.165, 1.54) is 0 Å². The van der Waals surface area contributed by atoms with Gasteiger partial charge in [0.2, 0.25) is 11.8 Å². The molecular weight excluding hydrogens is 212 g/mol. The molecular formula is C10H18N2O2S. The average molecular weight is 230 g/mol. The Hall–Kier alpha value is -0.710. The second-order valence-corrected chi connectivity index (χ2v) is 4.64. The molecule has 0 saturated carbocycles. The fourth-order valence-corrected chi connectivity index (χ4v) is 1.93. The minimum atomic E-state index is -0.318. The summed E-state index contributed by atoms with van der Waals surface area (Å²) in [5.74, 6) is 0.747. The molecule has 0 aromatic carbocycles. The van der Waals surface area contributed by atoms with Crippen molar-refractivity contribution in [3.63, 3.8) is 0 Å². The lowest BCUT2D eigenvalue weighted by atomic mass is 10.1. The molecule has 15 heavy (non-hydrogen) atoms. The Morgan fingerprint density at radius 1 is 1.60 bits per heavy atom. The van der Waals surface area contributed by atoms with Crippen molar-refractivity contribution in [2.45, 2.75) is 31.7 Å². The molecule has 0 aromatic heterocycles. The Bertz CT molecular complexity index is 233. The molecule has 0 aromatic rings. The van der Waals surface area contributed by atoms with Crippen molar-refractivity contribution >= 4 is 23.6 Å². The van der Waals surface area contributed by atoms with Crippen LogP contribution in [-0.2, 0) is 9.59 Å². The second-order valence-electron chi connectivity index (χ2n) is 3.65. The van der Waals surface area contributed by atoms with E-state index < -0.39 is 0 Å². The molecule has 86 valence electrons. The molecule has 0 spiro atoms. The Balaban J connectivity index is 2.34. The molecule has 1 atom stereocenters. The first kappa shape index (κ1) is 12.4. The van der Waals surface area contributed by atoms with Crippen LogP contribution in [-0.4, -0.2) is 36.4 Å². The van der Waals surface area contributed by atoms with Crippen LogP contribution in [0.3, 0.4) is 0 Å². The summed E-state index contributed by atoms with van der Waals surface area (Å²) in [6.07, 6.45) is 5.21. The zero-order valence-corrected chi connectivity index (χ0v) is 9.86. The number of carbonyl (C=O) groups excluding carboxylic acids is 2. The van der Waals surface area contributed by atoms with E-state index in [4.69, 9.17) is 0 Å². The highest BCUT2D eigenvalue weighted by atomic mass is 32.2. The molecule has 2 amide bonds. The van der Waals surface area contributed by atoms with Gasteiger partial charge in [0, 0.05) is 18.7 Å². The predicted octanol–water partition coefficient (Wildman–Crippen LogP) is 0.524. The lowest BCUT2D eigenvalue weighted by molar-refractivity contribution is -0.128. The number of carbonyl (C=O) groups is 2. The number of hydrogen-bond donors (Lipinski definition) is 2. The van der Waals surface area contributed by atoms with Crippen LogP contribution in [0.1, 0.15) is 25.7 Å². The minimum Gasteiger partial charge on any atom is -0.354 e. The number of thioether (sulfide) groups is 1. The van der Waals surface area contributed by atoms with E-state index in [9.17, 15) is 9.59 Å². The smallest absolute Gasteiger partial charge is 0.242 e. The van der Waals surface area contributed by atoms with Gasteiger partial charge in [-0.3, -0.25) is 9.59 Å². The van der Waals surface area contributed by atoms with E-state index in [0.717, 1.165) is 31.6 Å². The molecule has 4 nitrogen and oxygen atoms in total. The molecule has 2 N–H and O–H groups in total. The van der Waals surface area contributed by atoms with Gasteiger partial charge < -0.3 is 10.6 Å². The van der Waals surface area contributed by atoms with E-state index in [-0.39, 0.29) is 17.9 Å². The van der Waals surface area contributed by atoms with Crippen molar-refractivity contribution in [2.75, 3.05) is 18.6 Å². The zero-order chi connectivity index (χ0) is 11.1. The number of amides is 2. The maximum absolute atomic E-state index is 11.5. The molecule has 1 aliphatic rings. The van der Waals surface area contributed by atoms with E-state index in [2.05, 4.69) is 10.6 Å². The summed E-state index contributed by atoms with van der Waals surface area (Å²) in [6.45, 7) is 0.732. The third-order valence-electron chi connectivity index (χ3n) is 2.40. The lowest BCUT2D eigenvalue weighted by Gasteiger charge is -2.14. The zero-order valence-electron chi connectivity index (χ0n) is 9.04. The number of nitrogens with one attached hydrogen (secondary N) is 2. The van der Waals surface area contributed by atoms with Crippen LogP contribution in [0.25, 0.3) is 0 Å². The largest absolute Gasteiger partial charge is 0.354 e. The SMILES string of the molecule is CSCCC(=O)NC1CCCCNC1=O. The predicted molar refractivity (Wildman–Crippen MR) is 61.8 cm³/mol. The highest BCUT2D eigenvalue weighted by Crippen LogP contribution is 2.06. The van der Waals surface area contributed by atoms with Gasteiger partial charge in [0.25, 0.3) is 0 Å². The van der Waals surface area contributed by atoms with E-state index >= 15 is 0 Å². The first-order chi connectivity index (χ1) is 7.24. The van der Waals surface area contributed by atoms with Gasteiger partial charge in [-0.1, -0.05) is 0 Å². The van der Waals surface area contributed by atoms with Gasteiger partial charge in [-0.15, -0.1) is 0 Å². The summed E-state index contributed by atoms with van der Waals surface area (Å²) in [5.41, 5.74) is 0. The highest BCUT2D eigenvalue weighted by Gasteiger charge is 2.21. The van der Waals surface area contributed by atoms with Gasteiger partial charge >= 0.3 is 0 Å². The van der Waals surface area contributed by atoms with Crippen molar-refractivity contribution < 1.29 is 9.59 Å². The first-order valence-electron chi connectivity index (χ1n) is 5.30. The Labute approximate surface area is 94.6 Å². The summed E-state index contributed by atoms with van der Waals surface area (Å²) < 4.78 is 0. The van der Waals surface area contributed by atoms with E-state index in [0.29, 0.717) is 6.42 Å². The van der Waals surface area contributed by atoms with Crippen LogP contribution in [0, 0.1) is 0 Å². The quantitative estimate of drug-likeness (QED) is 0.740. The molecule has 1 unspecified atom stereocenters. The molecule has 5 heteroatoms. The van der Waals surface area contributed by atoms with Crippen LogP contribution in [0.5, 0.6) is 0 Å². The van der Waals surface area contributed by atoms with Crippen LogP contribution < -0.4 is 10.6 Å². The summed E-state index contributed by atoms with van der Waals surface area (Å²) in [7, 11) is 0. The van der Waals surface area contributed by atoms with Crippen molar-refractivity contribution in [3.8, 4) is 0 Å². The molecule has 1 saturated heterocycles. The number of rotatable bonds is 4. The van der Waals surface area contributed by atoms with Gasteiger partial charge in [-0.05, 0) is 25.5 Å². The molecule has 1 heterocycles. The fourth-order valence-electron chi connectivity index (χ4n) is 1.54. The molecule has 0 bridgehead atoms. The molecule has 0 aliphatic carbocycles. The van der Waals surface area contributed by atoms with Gasteiger partial charge in [-0.2, -0.15) is 11.8 Å². The summed E-state index contributed by atoms with van der Waals surface area (Å²) in [4.78, 5) is 22.9. The van der Waals surface area contributed by atoms with Crippen molar-refractivity contribution in [1.29, 1.82) is 0 Å². The average Bonchev–Trinajstić information content (AvgIpc) is 2.42. The molecule has 0 radical (unpaired) electrons. The van der Waals surface area contributed by atoms with Gasteiger partial charge in [0.05, 0.1) is 0 Å². The van der Waals surface area contributed by atoms with Crippen LogP contribution >= 0.6 is 11.8 Å². The van der Waals surface area contributed by atoms with Crippen LogP contribution in [0.15, 0.2) is 0 Å². The summed E-state index contributed by atoms with van der Waals surface area (Å²) in [6, 6.07) is -0.318. The fraction of sp³-hybridized carbons (Fsp3) is 0.800.